The van der Waals surface area contributed by atoms with Crippen LogP contribution < -0.4 is 4.90 Å². The van der Waals surface area contributed by atoms with E-state index in [0.717, 1.165) is 38.5 Å². The SMILES string of the molecule is CCN1CCCC[C@@H](N(C(=O)C2CCC(C)CC2)c2cc(C#CC(C)(C)C)sc2C(=O)OC)C1=O. The summed E-state index contributed by atoms with van der Waals surface area (Å²) in [4.78, 5) is 45.1. The van der Waals surface area contributed by atoms with Gasteiger partial charge in [0.2, 0.25) is 11.8 Å². The molecule has 1 aliphatic carbocycles. The number of hydrogen-bond donors (Lipinski definition) is 0. The standard InChI is InChI=1S/C28H40N2O4S/c1-7-29-17-9-8-10-22(26(29)32)30(25(31)20-13-11-19(2)12-14-20)23-18-21(15-16-28(3,4)5)35-24(23)27(33)34-6/h18-20,22H,7-14,17H2,1-6H3/t19?,20?,22-/m1/s1. The maximum atomic E-state index is 14.1. The van der Waals surface area contributed by atoms with Gasteiger partial charge in [0.05, 0.1) is 17.7 Å². The van der Waals surface area contributed by atoms with Gasteiger partial charge in [0.15, 0.2) is 0 Å². The van der Waals surface area contributed by atoms with Crippen molar-refractivity contribution in [3.05, 3.63) is 15.8 Å². The molecule has 1 saturated carbocycles. The summed E-state index contributed by atoms with van der Waals surface area (Å²) >= 11 is 1.24. The fraction of sp³-hybridized carbons (Fsp3) is 0.679. The van der Waals surface area contributed by atoms with Crippen molar-refractivity contribution in [3.63, 3.8) is 0 Å². The van der Waals surface area contributed by atoms with Gasteiger partial charge in [-0.2, -0.15) is 0 Å². The Labute approximate surface area is 214 Å². The second-order valence-electron chi connectivity index (χ2n) is 10.9. The van der Waals surface area contributed by atoms with E-state index in [1.165, 1.54) is 18.4 Å². The van der Waals surface area contributed by atoms with E-state index in [4.69, 9.17) is 4.74 Å². The van der Waals surface area contributed by atoms with E-state index in [1.54, 1.807) is 4.90 Å². The highest BCUT2D eigenvalue weighted by atomic mass is 32.1. The maximum Gasteiger partial charge on any atom is 0.350 e. The summed E-state index contributed by atoms with van der Waals surface area (Å²) in [5.74, 6) is 6.27. The first kappa shape index (κ1) is 27.3. The van der Waals surface area contributed by atoms with E-state index in [-0.39, 0.29) is 23.1 Å². The molecule has 2 heterocycles. The zero-order valence-corrected chi connectivity index (χ0v) is 22.9. The molecule has 1 aliphatic heterocycles. The number of carbonyl (C=O) groups is 3. The average Bonchev–Trinajstić information content (AvgIpc) is 3.15. The molecule has 2 amide bonds. The summed E-state index contributed by atoms with van der Waals surface area (Å²) in [5.41, 5.74) is 0.267. The largest absolute Gasteiger partial charge is 0.465 e. The molecule has 192 valence electrons. The van der Waals surface area contributed by atoms with Crippen LogP contribution >= 0.6 is 11.3 Å². The number of esters is 1. The van der Waals surface area contributed by atoms with Crippen LogP contribution in [-0.2, 0) is 14.3 Å². The molecular weight excluding hydrogens is 460 g/mol. The number of nitrogens with zero attached hydrogens (tertiary/aromatic N) is 2. The second kappa shape index (κ2) is 11.6. The van der Waals surface area contributed by atoms with Crippen molar-refractivity contribution in [2.45, 2.75) is 85.6 Å². The highest BCUT2D eigenvalue weighted by Crippen LogP contribution is 2.38. The fourth-order valence-corrected chi connectivity index (χ4v) is 5.81. The third-order valence-corrected chi connectivity index (χ3v) is 7.97. The number of ether oxygens (including phenoxy) is 1. The van der Waals surface area contributed by atoms with E-state index in [2.05, 4.69) is 18.8 Å². The molecule has 1 saturated heterocycles. The predicted molar refractivity (Wildman–Crippen MR) is 140 cm³/mol. The average molecular weight is 501 g/mol. The Morgan fingerprint density at radius 3 is 2.46 bits per heavy atom. The fourth-order valence-electron chi connectivity index (χ4n) is 4.89. The first-order valence-corrected chi connectivity index (χ1v) is 13.7. The van der Waals surface area contributed by atoms with Crippen molar-refractivity contribution in [2.75, 3.05) is 25.1 Å². The van der Waals surface area contributed by atoms with Gasteiger partial charge in [0.1, 0.15) is 10.9 Å². The zero-order valence-electron chi connectivity index (χ0n) is 22.1. The summed E-state index contributed by atoms with van der Waals surface area (Å²) in [7, 11) is 1.34. The Hall–Kier alpha value is -2.33. The molecule has 2 aliphatic rings. The number of hydrogen-bond acceptors (Lipinski definition) is 5. The number of likely N-dealkylation sites (N-methyl/N-ethyl adjacent to an activating group) is 1. The van der Waals surface area contributed by atoms with E-state index in [1.807, 2.05) is 38.7 Å². The van der Waals surface area contributed by atoms with E-state index in [0.29, 0.717) is 40.9 Å². The molecule has 7 heteroatoms. The lowest BCUT2D eigenvalue weighted by Crippen LogP contribution is -2.52. The van der Waals surface area contributed by atoms with Crippen molar-refractivity contribution >= 4 is 34.8 Å². The Bertz CT molecular complexity index is 989. The minimum Gasteiger partial charge on any atom is -0.465 e. The molecule has 2 fully saturated rings. The van der Waals surface area contributed by atoms with Gasteiger partial charge in [-0.25, -0.2) is 4.79 Å². The molecule has 1 atom stereocenters. The number of methoxy groups -OCH3 is 1. The van der Waals surface area contributed by atoms with Crippen molar-refractivity contribution in [1.29, 1.82) is 0 Å². The maximum absolute atomic E-state index is 14.1. The number of thiophene rings is 1. The summed E-state index contributed by atoms with van der Waals surface area (Å²) < 4.78 is 5.10. The van der Waals surface area contributed by atoms with Crippen molar-refractivity contribution < 1.29 is 19.1 Å². The minimum absolute atomic E-state index is 0.0353. The molecule has 0 radical (unpaired) electrons. The van der Waals surface area contributed by atoms with Gasteiger partial charge in [0.25, 0.3) is 0 Å². The summed E-state index contributed by atoms with van der Waals surface area (Å²) in [6.45, 7) is 11.6. The molecule has 0 spiro atoms. The van der Waals surface area contributed by atoms with Gasteiger partial charge < -0.3 is 9.64 Å². The smallest absolute Gasteiger partial charge is 0.350 e. The Morgan fingerprint density at radius 2 is 1.86 bits per heavy atom. The van der Waals surface area contributed by atoms with Crippen LogP contribution in [0.4, 0.5) is 5.69 Å². The van der Waals surface area contributed by atoms with Crippen LogP contribution in [-0.4, -0.2) is 48.9 Å². The normalized spacial score (nSPS) is 23.2. The molecule has 0 unspecified atom stereocenters. The molecule has 35 heavy (non-hydrogen) atoms. The van der Waals surface area contributed by atoms with Gasteiger partial charge in [-0.1, -0.05) is 18.8 Å². The minimum atomic E-state index is -0.620. The van der Waals surface area contributed by atoms with Gasteiger partial charge in [0, 0.05) is 24.4 Å². The first-order valence-electron chi connectivity index (χ1n) is 12.9. The van der Waals surface area contributed by atoms with Crippen LogP contribution in [0, 0.1) is 29.1 Å². The predicted octanol–water partition coefficient (Wildman–Crippen LogP) is 5.49. The second-order valence-corrected chi connectivity index (χ2v) is 12.0. The number of carbonyl (C=O) groups excluding carboxylic acids is 3. The summed E-state index contributed by atoms with van der Waals surface area (Å²) in [6, 6.07) is 1.19. The Balaban J connectivity index is 2.12. The molecule has 0 aromatic carbocycles. The van der Waals surface area contributed by atoms with Crippen LogP contribution in [0.3, 0.4) is 0 Å². The van der Waals surface area contributed by atoms with E-state index in [9.17, 15) is 14.4 Å². The highest BCUT2D eigenvalue weighted by Gasteiger charge is 2.40. The molecule has 1 aromatic heterocycles. The quantitative estimate of drug-likeness (QED) is 0.396. The monoisotopic (exact) mass is 500 g/mol. The van der Waals surface area contributed by atoms with Gasteiger partial charge in [-0.3, -0.25) is 14.5 Å². The third kappa shape index (κ3) is 6.67. The molecule has 0 bridgehead atoms. The van der Waals surface area contributed by atoms with Crippen molar-refractivity contribution in [2.24, 2.45) is 17.3 Å². The van der Waals surface area contributed by atoms with Crippen LogP contribution in [0.15, 0.2) is 6.07 Å². The molecule has 0 N–H and O–H groups in total. The first-order chi connectivity index (χ1) is 16.6. The van der Waals surface area contributed by atoms with Gasteiger partial charge >= 0.3 is 5.97 Å². The van der Waals surface area contributed by atoms with Crippen LogP contribution in [0.5, 0.6) is 0 Å². The molecular formula is C28H40N2O4S. The Kier molecular flexibility index (Phi) is 9.04. The van der Waals surface area contributed by atoms with Gasteiger partial charge in [-0.05, 0) is 84.6 Å². The lowest BCUT2D eigenvalue weighted by Gasteiger charge is -2.36. The van der Waals surface area contributed by atoms with Gasteiger partial charge in [-0.15, -0.1) is 11.3 Å². The molecule has 3 rings (SSSR count). The van der Waals surface area contributed by atoms with Crippen LogP contribution in [0.25, 0.3) is 0 Å². The summed E-state index contributed by atoms with van der Waals surface area (Å²) in [5, 5.41) is 0. The van der Waals surface area contributed by atoms with Crippen molar-refractivity contribution in [1.82, 2.24) is 4.90 Å². The number of likely N-dealkylation sites (tertiary alicyclic amines) is 1. The number of rotatable bonds is 5. The van der Waals surface area contributed by atoms with Crippen LogP contribution in [0.1, 0.15) is 94.1 Å². The molecule has 1 aromatic rings. The third-order valence-electron chi connectivity index (χ3n) is 6.95. The lowest BCUT2D eigenvalue weighted by molar-refractivity contribution is -0.135. The lowest BCUT2D eigenvalue weighted by atomic mass is 9.82. The van der Waals surface area contributed by atoms with E-state index < -0.39 is 12.0 Å². The topological polar surface area (TPSA) is 66.9 Å². The zero-order chi connectivity index (χ0) is 25.8. The summed E-state index contributed by atoms with van der Waals surface area (Å²) in [6.07, 6.45) is 5.97. The van der Waals surface area contributed by atoms with E-state index >= 15 is 0 Å². The van der Waals surface area contributed by atoms with Crippen LogP contribution in [0.2, 0.25) is 0 Å². The molecule has 6 nitrogen and oxygen atoms in total. The highest BCUT2D eigenvalue weighted by molar-refractivity contribution is 7.15. The Morgan fingerprint density at radius 1 is 1.17 bits per heavy atom. The van der Waals surface area contributed by atoms with Crippen molar-refractivity contribution in [3.8, 4) is 11.8 Å². The number of anilines is 1. The number of amides is 2.